The number of aliphatic imine (C=N–C) groups is 1. The van der Waals surface area contributed by atoms with E-state index in [1.165, 1.54) is 18.2 Å². The summed E-state index contributed by atoms with van der Waals surface area (Å²) in [6.45, 7) is 9.17. The van der Waals surface area contributed by atoms with Gasteiger partial charge in [0.2, 0.25) is 5.91 Å². The maximum Gasteiger partial charge on any atom is 0.433 e. The zero-order valence-electron chi connectivity index (χ0n) is 19.9. The number of methoxy groups -OCH3 is 2. The van der Waals surface area contributed by atoms with Crippen molar-refractivity contribution in [1.82, 2.24) is 4.90 Å². The molecule has 1 aliphatic rings. The number of aliphatic hydroxyl groups is 1. The van der Waals surface area contributed by atoms with Crippen LogP contribution in [0.1, 0.15) is 52.9 Å². The zero-order valence-corrected chi connectivity index (χ0v) is 19.9. The van der Waals surface area contributed by atoms with Gasteiger partial charge in [-0.15, -0.1) is 6.58 Å². The van der Waals surface area contributed by atoms with Gasteiger partial charge in [-0.1, -0.05) is 12.5 Å². The third kappa shape index (κ3) is 9.08. The number of likely N-dealkylation sites (tertiary alicyclic amines) is 1. The number of hydrogen-bond acceptors (Lipinski definition) is 7. The molecule has 1 fully saturated rings. The highest BCUT2D eigenvalue weighted by molar-refractivity contribution is 5.98. The lowest BCUT2D eigenvalue weighted by molar-refractivity contribution is -0.152. The molecule has 32 heavy (non-hydrogen) atoms. The van der Waals surface area contributed by atoms with Crippen molar-refractivity contribution in [1.29, 1.82) is 0 Å². The van der Waals surface area contributed by atoms with Gasteiger partial charge in [0.1, 0.15) is 11.6 Å². The van der Waals surface area contributed by atoms with Crippen LogP contribution in [-0.4, -0.2) is 79.3 Å². The fraction of sp³-hybridized carbons (Fsp3) is 0.739. The van der Waals surface area contributed by atoms with Crippen LogP contribution in [0.4, 0.5) is 4.79 Å². The number of amides is 2. The number of nitrogens with zero attached hydrogens (tertiary/aromatic N) is 2. The summed E-state index contributed by atoms with van der Waals surface area (Å²) in [5, 5.41) is 10.1. The zero-order chi connectivity index (χ0) is 24.3. The van der Waals surface area contributed by atoms with Crippen LogP contribution in [0.25, 0.3) is 0 Å². The number of carbonyl (C=O) groups is 3. The third-order valence-corrected chi connectivity index (χ3v) is 5.18. The summed E-state index contributed by atoms with van der Waals surface area (Å²) in [4.78, 5) is 43.1. The van der Waals surface area contributed by atoms with Crippen molar-refractivity contribution in [3.8, 4) is 0 Å². The van der Waals surface area contributed by atoms with Gasteiger partial charge in [0.25, 0.3) is 0 Å². The molecule has 0 bridgehead atoms. The first-order chi connectivity index (χ1) is 15.0. The van der Waals surface area contributed by atoms with E-state index >= 15 is 0 Å². The van der Waals surface area contributed by atoms with Crippen LogP contribution in [0, 0.1) is 11.8 Å². The number of β-amino-alcohol motifs (C(OH)–C–C–N with tert-alkyl or cyclic N) is 1. The Morgan fingerprint density at radius 2 is 1.94 bits per heavy atom. The van der Waals surface area contributed by atoms with E-state index in [1.807, 2.05) is 6.08 Å². The molecular formula is C23H38N2O7. The van der Waals surface area contributed by atoms with E-state index in [2.05, 4.69) is 11.6 Å². The van der Waals surface area contributed by atoms with Crippen molar-refractivity contribution in [2.24, 2.45) is 16.8 Å². The summed E-state index contributed by atoms with van der Waals surface area (Å²) in [6, 6.07) is -0.885. The van der Waals surface area contributed by atoms with Crippen LogP contribution in [0.5, 0.6) is 0 Å². The first-order valence-corrected chi connectivity index (χ1v) is 11.0. The van der Waals surface area contributed by atoms with Crippen LogP contribution >= 0.6 is 0 Å². The molecule has 0 spiro atoms. The van der Waals surface area contributed by atoms with Gasteiger partial charge in [-0.2, -0.15) is 4.99 Å². The fourth-order valence-corrected chi connectivity index (χ4v) is 3.70. The van der Waals surface area contributed by atoms with Crippen molar-refractivity contribution < 1.29 is 33.7 Å². The van der Waals surface area contributed by atoms with Gasteiger partial charge in [0.05, 0.1) is 25.7 Å². The number of aliphatic hydroxyl groups excluding tert-OH is 1. The Balaban J connectivity index is 3.17. The highest BCUT2D eigenvalue weighted by Gasteiger charge is 2.43. The average Bonchev–Trinajstić information content (AvgIpc) is 3.10. The number of ether oxygens (including phenoxy) is 3. The second-order valence-corrected chi connectivity index (χ2v) is 8.99. The Morgan fingerprint density at radius 1 is 1.25 bits per heavy atom. The Labute approximate surface area is 190 Å². The second kappa shape index (κ2) is 13.3. The third-order valence-electron chi connectivity index (χ3n) is 5.18. The van der Waals surface area contributed by atoms with Gasteiger partial charge < -0.3 is 24.2 Å². The maximum absolute atomic E-state index is 13.5. The van der Waals surface area contributed by atoms with E-state index in [9.17, 15) is 19.5 Å². The number of carbonyl (C=O) groups excluding carboxylic acids is 3. The van der Waals surface area contributed by atoms with Gasteiger partial charge in [0.15, 0.2) is 0 Å². The van der Waals surface area contributed by atoms with Crippen molar-refractivity contribution >= 4 is 24.2 Å². The fourth-order valence-electron chi connectivity index (χ4n) is 3.70. The first-order valence-electron chi connectivity index (χ1n) is 11.0. The van der Waals surface area contributed by atoms with E-state index in [-0.39, 0.29) is 25.5 Å². The molecule has 1 rings (SSSR count). The molecule has 0 radical (unpaired) electrons. The first kappa shape index (κ1) is 27.8. The van der Waals surface area contributed by atoms with E-state index in [0.29, 0.717) is 6.42 Å². The predicted molar refractivity (Wildman–Crippen MR) is 120 cm³/mol. The lowest BCUT2D eigenvalue weighted by Gasteiger charge is -2.30. The summed E-state index contributed by atoms with van der Waals surface area (Å²) in [7, 11) is 2.78. The number of rotatable bonds is 11. The quantitative estimate of drug-likeness (QED) is 0.221. The summed E-state index contributed by atoms with van der Waals surface area (Å²) >= 11 is 0. The molecule has 1 saturated heterocycles. The van der Waals surface area contributed by atoms with Crippen molar-refractivity contribution in [3.63, 3.8) is 0 Å². The molecule has 2 amide bonds. The average molecular weight is 455 g/mol. The molecule has 0 aliphatic carbocycles. The lowest BCUT2D eigenvalue weighted by atomic mass is 9.87. The van der Waals surface area contributed by atoms with Crippen LogP contribution in [0.3, 0.4) is 0 Å². The molecular weight excluding hydrogens is 416 g/mol. The van der Waals surface area contributed by atoms with Crippen LogP contribution in [-0.2, 0) is 23.8 Å². The van der Waals surface area contributed by atoms with E-state index in [1.54, 1.807) is 27.9 Å². The van der Waals surface area contributed by atoms with Gasteiger partial charge >= 0.3 is 12.1 Å². The monoisotopic (exact) mass is 454 g/mol. The van der Waals surface area contributed by atoms with E-state index in [4.69, 9.17) is 14.2 Å². The molecule has 1 N–H and O–H groups in total. The molecule has 0 saturated carbocycles. The van der Waals surface area contributed by atoms with Crippen LogP contribution in [0.2, 0.25) is 0 Å². The van der Waals surface area contributed by atoms with Crippen LogP contribution in [0.15, 0.2) is 17.6 Å². The summed E-state index contributed by atoms with van der Waals surface area (Å²) in [6.07, 6.45) is 4.82. The molecule has 4 unspecified atom stereocenters. The van der Waals surface area contributed by atoms with Crippen molar-refractivity contribution in [2.75, 3.05) is 27.4 Å². The molecule has 9 nitrogen and oxygen atoms in total. The van der Waals surface area contributed by atoms with E-state index in [0.717, 1.165) is 19.3 Å². The topological polar surface area (TPSA) is 115 Å². The Bertz CT molecular complexity index is 672. The summed E-state index contributed by atoms with van der Waals surface area (Å²) < 4.78 is 15.4. The van der Waals surface area contributed by atoms with Gasteiger partial charge in [-0.05, 0) is 46.0 Å². The molecule has 0 aromatic rings. The Morgan fingerprint density at radius 3 is 2.50 bits per heavy atom. The maximum atomic E-state index is 13.5. The van der Waals surface area contributed by atoms with Crippen molar-refractivity contribution in [3.05, 3.63) is 12.7 Å². The normalized spacial score (nSPS) is 20.8. The Hall–Kier alpha value is -2.26. The minimum Gasteiger partial charge on any atom is -0.467 e. The number of allylic oxidation sites excluding steroid dienone is 1. The number of hydrogen-bond donors (Lipinski definition) is 1. The van der Waals surface area contributed by atoms with Crippen molar-refractivity contribution in [2.45, 2.75) is 70.6 Å². The largest absolute Gasteiger partial charge is 0.467 e. The molecule has 1 aliphatic heterocycles. The Kier molecular flexibility index (Phi) is 11.6. The summed E-state index contributed by atoms with van der Waals surface area (Å²) in [5.41, 5.74) is -0.723. The van der Waals surface area contributed by atoms with E-state index < -0.39 is 41.6 Å². The molecule has 0 aromatic carbocycles. The SMILES string of the molecule is C=CCCCCC(COC)C(C=NC(=O)OC(C)(C)C)C(=O)N1CC(O)CC1C(=O)OC. The predicted octanol–water partition coefficient (Wildman–Crippen LogP) is 2.75. The molecule has 0 aromatic heterocycles. The minimum absolute atomic E-state index is 0.00550. The lowest BCUT2D eigenvalue weighted by Crippen LogP contribution is -2.47. The second-order valence-electron chi connectivity index (χ2n) is 8.99. The van der Waals surface area contributed by atoms with Gasteiger partial charge in [-0.25, -0.2) is 9.59 Å². The molecule has 4 atom stereocenters. The smallest absolute Gasteiger partial charge is 0.433 e. The highest BCUT2D eigenvalue weighted by Crippen LogP contribution is 2.27. The summed E-state index contributed by atoms with van der Waals surface area (Å²) in [5.74, 6) is -2.11. The van der Waals surface area contributed by atoms with Gasteiger partial charge in [-0.3, -0.25) is 4.79 Å². The standard InChI is InChI=1S/C23H38N2O7/c1-7-8-9-10-11-16(15-30-5)18(13-24-22(29)32-23(2,3)4)20(27)25-14-17(26)12-19(25)21(28)31-6/h7,13,16-19,26H,1,8-12,14-15H2,2-6H3. The van der Waals surface area contributed by atoms with Crippen LogP contribution < -0.4 is 0 Å². The molecule has 1 heterocycles. The number of esters is 1. The highest BCUT2D eigenvalue weighted by atomic mass is 16.6. The molecule has 9 heteroatoms. The number of unbranched alkanes of at least 4 members (excludes halogenated alkanes) is 2. The molecule has 182 valence electrons. The minimum atomic E-state index is -0.885. The van der Waals surface area contributed by atoms with Gasteiger partial charge in [0, 0.05) is 26.3 Å².